The number of nitrogens with two attached hydrogens (primary N) is 1. The standard InChI is InChI=1S/C18H25F3N4O3/c1-17(2,3)14-10-12(8-9-25(14)15(22)26)24-16(27)23-11-4-6-13(7-5-11)28-18(19,20)21/h4-7,12,14H,8-10H2,1-3H3,(H2,22,26)(H2,23,24,27). The molecule has 1 aliphatic rings. The molecular formula is C18H25F3N4O3. The van der Waals surface area contributed by atoms with Crippen LogP contribution in [0.25, 0.3) is 0 Å². The third kappa shape index (κ3) is 6.21. The molecule has 1 heterocycles. The molecule has 0 bridgehead atoms. The van der Waals surface area contributed by atoms with Gasteiger partial charge in [0, 0.05) is 24.3 Å². The third-order valence-corrected chi connectivity index (χ3v) is 4.57. The van der Waals surface area contributed by atoms with Crippen molar-refractivity contribution in [3.63, 3.8) is 0 Å². The topological polar surface area (TPSA) is 96.7 Å². The zero-order valence-corrected chi connectivity index (χ0v) is 16.0. The van der Waals surface area contributed by atoms with Crippen LogP contribution in [0.5, 0.6) is 5.75 Å². The highest BCUT2D eigenvalue weighted by molar-refractivity contribution is 5.89. The number of hydrogen-bond donors (Lipinski definition) is 3. The number of likely N-dealkylation sites (tertiary alicyclic amines) is 1. The van der Waals surface area contributed by atoms with Gasteiger partial charge in [0.15, 0.2) is 0 Å². The number of hydrogen-bond acceptors (Lipinski definition) is 3. The normalized spacial score (nSPS) is 20.4. The molecule has 10 heteroatoms. The average molecular weight is 402 g/mol. The van der Waals surface area contributed by atoms with Crippen LogP contribution in [0.4, 0.5) is 28.4 Å². The van der Waals surface area contributed by atoms with E-state index >= 15 is 0 Å². The van der Waals surface area contributed by atoms with Gasteiger partial charge in [-0.15, -0.1) is 13.2 Å². The molecule has 2 rings (SSSR count). The SMILES string of the molecule is CC(C)(C)C1CC(NC(=O)Nc2ccc(OC(F)(F)F)cc2)CCN1C(N)=O. The van der Waals surface area contributed by atoms with Gasteiger partial charge in [-0.05, 0) is 42.5 Å². The Hall–Kier alpha value is -2.65. The zero-order chi connectivity index (χ0) is 21.1. The van der Waals surface area contributed by atoms with E-state index in [2.05, 4.69) is 15.4 Å². The van der Waals surface area contributed by atoms with E-state index in [4.69, 9.17) is 5.73 Å². The predicted molar refractivity (Wildman–Crippen MR) is 97.8 cm³/mol. The van der Waals surface area contributed by atoms with E-state index in [1.807, 2.05) is 20.8 Å². The molecule has 0 saturated carbocycles. The van der Waals surface area contributed by atoms with Crippen LogP contribution in [0, 0.1) is 5.41 Å². The molecule has 1 saturated heterocycles. The first-order valence-corrected chi connectivity index (χ1v) is 8.84. The molecule has 1 aromatic rings. The summed E-state index contributed by atoms with van der Waals surface area (Å²) in [6, 6.07) is 3.62. The molecule has 1 fully saturated rings. The van der Waals surface area contributed by atoms with Gasteiger partial charge in [0.1, 0.15) is 5.75 Å². The van der Waals surface area contributed by atoms with Crippen molar-refractivity contribution in [2.75, 3.05) is 11.9 Å². The summed E-state index contributed by atoms with van der Waals surface area (Å²) in [6.45, 7) is 6.44. The molecule has 0 radical (unpaired) electrons. The Bertz CT molecular complexity index is 702. The maximum absolute atomic E-state index is 12.2. The molecule has 0 aromatic heterocycles. The maximum atomic E-state index is 12.2. The number of halogens is 3. The fraction of sp³-hybridized carbons (Fsp3) is 0.556. The maximum Gasteiger partial charge on any atom is 0.573 e. The summed E-state index contributed by atoms with van der Waals surface area (Å²) in [5, 5.41) is 5.42. The van der Waals surface area contributed by atoms with Crippen LogP contribution in [0.2, 0.25) is 0 Å². The highest BCUT2D eigenvalue weighted by Crippen LogP contribution is 2.32. The first-order valence-electron chi connectivity index (χ1n) is 8.84. The summed E-state index contributed by atoms with van der Waals surface area (Å²) in [5.41, 5.74) is 5.58. The second kappa shape index (κ2) is 8.15. The van der Waals surface area contributed by atoms with E-state index in [0.717, 1.165) is 12.1 Å². The Labute approximate surface area is 161 Å². The number of ether oxygens (including phenoxy) is 1. The van der Waals surface area contributed by atoms with Crippen molar-refractivity contribution < 1.29 is 27.5 Å². The van der Waals surface area contributed by atoms with E-state index in [1.165, 1.54) is 12.1 Å². The number of carbonyl (C=O) groups is 2. The number of carbonyl (C=O) groups excluding carboxylic acids is 2. The van der Waals surface area contributed by atoms with E-state index in [1.54, 1.807) is 4.90 Å². The van der Waals surface area contributed by atoms with Crippen molar-refractivity contribution in [1.29, 1.82) is 0 Å². The second-order valence-electron chi connectivity index (χ2n) is 7.81. The number of urea groups is 2. The van der Waals surface area contributed by atoms with E-state index in [9.17, 15) is 22.8 Å². The lowest BCUT2D eigenvalue weighted by molar-refractivity contribution is -0.274. The van der Waals surface area contributed by atoms with Crippen molar-refractivity contribution in [3.05, 3.63) is 24.3 Å². The Morgan fingerprint density at radius 2 is 1.79 bits per heavy atom. The number of nitrogens with one attached hydrogen (secondary N) is 2. The summed E-state index contributed by atoms with van der Waals surface area (Å²) in [4.78, 5) is 25.5. The molecule has 4 N–H and O–H groups in total. The first-order chi connectivity index (χ1) is 12.8. The van der Waals surface area contributed by atoms with Gasteiger partial charge in [0.25, 0.3) is 0 Å². The fourth-order valence-electron chi connectivity index (χ4n) is 3.27. The van der Waals surface area contributed by atoms with Gasteiger partial charge in [0.2, 0.25) is 0 Å². The van der Waals surface area contributed by atoms with Gasteiger partial charge in [0.05, 0.1) is 0 Å². The fourth-order valence-corrected chi connectivity index (χ4v) is 3.27. The first kappa shape index (κ1) is 21.6. The Morgan fingerprint density at radius 3 is 2.29 bits per heavy atom. The van der Waals surface area contributed by atoms with Crippen LogP contribution < -0.4 is 21.1 Å². The number of piperidine rings is 1. The van der Waals surface area contributed by atoms with Crippen LogP contribution in [-0.2, 0) is 0 Å². The summed E-state index contributed by atoms with van der Waals surface area (Å²) in [5.74, 6) is -0.370. The zero-order valence-electron chi connectivity index (χ0n) is 16.0. The molecular weight excluding hydrogens is 377 g/mol. The van der Waals surface area contributed by atoms with Gasteiger partial charge in [-0.1, -0.05) is 20.8 Å². The van der Waals surface area contributed by atoms with E-state index in [-0.39, 0.29) is 23.2 Å². The number of nitrogens with zero attached hydrogens (tertiary/aromatic N) is 1. The summed E-state index contributed by atoms with van der Waals surface area (Å²) >= 11 is 0. The molecule has 156 valence electrons. The minimum atomic E-state index is -4.77. The number of amides is 4. The number of anilines is 1. The number of benzene rings is 1. The number of alkyl halides is 3. The summed E-state index contributed by atoms with van der Waals surface area (Å²) in [7, 11) is 0. The van der Waals surface area contributed by atoms with Crippen LogP contribution in [-0.4, -0.2) is 42.0 Å². The predicted octanol–water partition coefficient (Wildman–Crippen LogP) is 3.66. The minimum absolute atomic E-state index is 0.122. The molecule has 2 unspecified atom stereocenters. The van der Waals surface area contributed by atoms with E-state index < -0.39 is 18.4 Å². The molecule has 7 nitrogen and oxygen atoms in total. The van der Waals surface area contributed by atoms with Crippen molar-refractivity contribution in [3.8, 4) is 5.75 Å². The van der Waals surface area contributed by atoms with Crippen LogP contribution >= 0.6 is 0 Å². The van der Waals surface area contributed by atoms with E-state index in [0.29, 0.717) is 25.1 Å². The van der Waals surface area contributed by atoms with Gasteiger partial charge in [-0.2, -0.15) is 0 Å². The average Bonchev–Trinajstić information content (AvgIpc) is 2.54. The van der Waals surface area contributed by atoms with Crippen molar-refractivity contribution in [2.45, 2.75) is 52.1 Å². The largest absolute Gasteiger partial charge is 0.573 e. The molecule has 0 spiro atoms. The highest BCUT2D eigenvalue weighted by atomic mass is 19.4. The third-order valence-electron chi connectivity index (χ3n) is 4.57. The molecule has 1 aromatic carbocycles. The molecule has 28 heavy (non-hydrogen) atoms. The van der Waals surface area contributed by atoms with Gasteiger partial charge >= 0.3 is 18.4 Å². The second-order valence-corrected chi connectivity index (χ2v) is 7.81. The lowest BCUT2D eigenvalue weighted by Gasteiger charge is -2.45. The van der Waals surface area contributed by atoms with Crippen molar-refractivity contribution >= 4 is 17.7 Å². The van der Waals surface area contributed by atoms with Gasteiger partial charge in [-0.25, -0.2) is 9.59 Å². The molecule has 2 atom stereocenters. The van der Waals surface area contributed by atoms with Crippen LogP contribution in [0.1, 0.15) is 33.6 Å². The minimum Gasteiger partial charge on any atom is -0.406 e. The number of primary amides is 1. The summed E-state index contributed by atoms with van der Waals surface area (Å²) < 4.78 is 40.3. The highest BCUT2D eigenvalue weighted by Gasteiger charge is 2.38. The lowest BCUT2D eigenvalue weighted by Crippen LogP contribution is -2.57. The van der Waals surface area contributed by atoms with Crippen LogP contribution in [0.15, 0.2) is 24.3 Å². The Balaban J connectivity index is 1.93. The quantitative estimate of drug-likeness (QED) is 0.720. The van der Waals surface area contributed by atoms with Crippen LogP contribution in [0.3, 0.4) is 0 Å². The summed E-state index contributed by atoms with van der Waals surface area (Å²) in [6.07, 6.45) is -3.66. The molecule has 1 aliphatic heterocycles. The van der Waals surface area contributed by atoms with Crippen molar-refractivity contribution in [2.24, 2.45) is 11.1 Å². The lowest BCUT2D eigenvalue weighted by atomic mass is 9.79. The Morgan fingerprint density at radius 1 is 1.18 bits per heavy atom. The molecule has 0 aliphatic carbocycles. The monoisotopic (exact) mass is 402 g/mol. The number of rotatable bonds is 3. The smallest absolute Gasteiger partial charge is 0.406 e. The Kier molecular flexibility index (Phi) is 6.30. The van der Waals surface area contributed by atoms with Crippen molar-refractivity contribution in [1.82, 2.24) is 10.2 Å². The van der Waals surface area contributed by atoms with Gasteiger partial charge in [-0.3, -0.25) is 0 Å². The molecule has 4 amide bonds. The van der Waals surface area contributed by atoms with Gasteiger partial charge < -0.3 is 26.0 Å².